The molecule has 3 unspecified atom stereocenters. The molecular weight excluding hydrogens is 204 g/mol. The number of carboxylic acids is 1. The van der Waals surface area contributed by atoms with Crippen LogP contribution in [0.5, 0.6) is 0 Å². The molecule has 0 bridgehead atoms. The van der Waals surface area contributed by atoms with Crippen LogP contribution in [0, 0.1) is 17.3 Å². The SMILES string of the molecule is C/C(=C\C1CC(C(C)(C)C)CC1O)C(=O)O. The molecule has 1 aliphatic carbocycles. The van der Waals surface area contributed by atoms with Gasteiger partial charge in [0.2, 0.25) is 0 Å². The molecule has 0 saturated heterocycles. The first-order valence-electron chi connectivity index (χ1n) is 5.81. The van der Waals surface area contributed by atoms with Gasteiger partial charge in [0.25, 0.3) is 0 Å². The number of aliphatic hydroxyl groups excluding tert-OH is 1. The van der Waals surface area contributed by atoms with E-state index in [-0.39, 0.29) is 11.3 Å². The summed E-state index contributed by atoms with van der Waals surface area (Å²) >= 11 is 0. The van der Waals surface area contributed by atoms with Crippen molar-refractivity contribution >= 4 is 5.97 Å². The maximum atomic E-state index is 10.7. The Balaban J connectivity index is 2.73. The van der Waals surface area contributed by atoms with Gasteiger partial charge in [0, 0.05) is 11.5 Å². The third-order valence-electron chi connectivity index (χ3n) is 3.60. The molecule has 1 saturated carbocycles. The summed E-state index contributed by atoms with van der Waals surface area (Å²) in [4.78, 5) is 10.7. The second kappa shape index (κ2) is 4.58. The van der Waals surface area contributed by atoms with Crippen LogP contribution in [-0.4, -0.2) is 22.3 Å². The summed E-state index contributed by atoms with van der Waals surface area (Å²) in [6, 6.07) is 0. The fourth-order valence-electron chi connectivity index (χ4n) is 2.33. The standard InChI is InChI=1S/C13H22O3/c1-8(12(15)16)5-9-6-10(7-11(9)14)13(2,3)4/h5,9-11,14H,6-7H2,1-4H3,(H,15,16)/b8-5+. The fraction of sp³-hybridized carbons (Fsp3) is 0.769. The van der Waals surface area contributed by atoms with E-state index in [0.717, 1.165) is 12.8 Å². The Morgan fingerprint density at radius 3 is 2.25 bits per heavy atom. The van der Waals surface area contributed by atoms with Crippen LogP contribution in [0.15, 0.2) is 11.6 Å². The Hall–Kier alpha value is -0.830. The normalized spacial score (nSPS) is 31.8. The second-order valence-electron chi connectivity index (χ2n) is 5.92. The second-order valence-corrected chi connectivity index (χ2v) is 5.92. The average Bonchev–Trinajstić information content (AvgIpc) is 2.47. The van der Waals surface area contributed by atoms with E-state index in [9.17, 15) is 9.90 Å². The van der Waals surface area contributed by atoms with Gasteiger partial charge < -0.3 is 10.2 Å². The van der Waals surface area contributed by atoms with Gasteiger partial charge in [-0.2, -0.15) is 0 Å². The molecular formula is C13H22O3. The zero-order valence-electron chi connectivity index (χ0n) is 10.5. The van der Waals surface area contributed by atoms with Crippen LogP contribution in [0.2, 0.25) is 0 Å². The summed E-state index contributed by atoms with van der Waals surface area (Å²) in [5.41, 5.74) is 0.513. The molecule has 2 N–H and O–H groups in total. The number of hydrogen-bond acceptors (Lipinski definition) is 2. The number of rotatable bonds is 2. The molecule has 92 valence electrons. The van der Waals surface area contributed by atoms with Gasteiger partial charge in [-0.25, -0.2) is 4.79 Å². The van der Waals surface area contributed by atoms with Crippen molar-refractivity contribution in [1.82, 2.24) is 0 Å². The van der Waals surface area contributed by atoms with Gasteiger partial charge in [0.05, 0.1) is 6.10 Å². The fourth-order valence-corrected chi connectivity index (χ4v) is 2.33. The van der Waals surface area contributed by atoms with Crippen molar-refractivity contribution < 1.29 is 15.0 Å². The van der Waals surface area contributed by atoms with E-state index < -0.39 is 12.1 Å². The highest BCUT2D eigenvalue weighted by Gasteiger charge is 2.37. The van der Waals surface area contributed by atoms with Crippen LogP contribution in [0.25, 0.3) is 0 Å². The molecule has 1 fully saturated rings. The van der Waals surface area contributed by atoms with E-state index in [2.05, 4.69) is 20.8 Å². The predicted molar refractivity (Wildman–Crippen MR) is 63.1 cm³/mol. The first kappa shape index (κ1) is 13.2. The first-order valence-corrected chi connectivity index (χ1v) is 5.81. The summed E-state index contributed by atoms with van der Waals surface area (Å²) in [5, 5.41) is 18.7. The number of hydrogen-bond donors (Lipinski definition) is 2. The van der Waals surface area contributed by atoms with Crippen molar-refractivity contribution in [3.8, 4) is 0 Å². The smallest absolute Gasteiger partial charge is 0.330 e. The van der Waals surface area contributed by atoms with E-state index in [1.54, 1.807) is 13.0 Å². The van der Waals surface area contributed by atoms with Crippen LogP contribution in [-0.2, 0) is 4.79 Å². The molecule has 3 heteroatoms. The molecule has 1 aliphatic rings. The zero-order chi connectivity index (χ0) is 12.5. The monoisotopic (exact) mass is 226 g/mol. The highest BCUT2D eigenvalue weighted by Crippen LogP contribution is 2.42. The van der Waals surface area contributed by atoms with E-state index in [1.165, 1.54) is 0 Å². The topological polar surface area (TPSA) is 57.5 Å². The number of carboxylic acid groups (broad SMARTS) is 1. The lowest BCUT2D eigenvalue weighted by atomic mass is 9.79. The molecule has 0 aliphatic heterocycles. The van der Waals surface area contributed by atoms with Crippen LogP contribution in [0.1, 0.15) is 40.5 Å². The van der Waals surface area contributed by atoms with E-state index >= 15 is 0 Å². The Kier molecular flexibility index (Phi) is 3.79. The quantitative estimate of drug-likeness (QED) is 0.711. The van der Waals surface area contributed by atoms with Gasteiger partial charge >= 0.3 is 5.97 Å². The van der Waals surface area contributed by atoms with Crippen LogP contribution in [0.4, 0.5) is 0 Å². The molecule has 16 heavy (non-hydrogen) atoms. The minimum atomic E-state index is -0.897. The third-order valence-corrected chi connectivity index (χ3v) is 3.60. The van der Waals surface area contributed by atoms with E-state index in [0.29, 0.717) is 11.5 Å². The van der Waals surface area contributed by atoms with E-state index in [1.807, 2.05) is 0 Å². The highest BCUT2D eigenvalue weighted by molar-refractivity contribution is 5.85. The summed E-state index contributed by atoms with van der Waals surface area (Å²) in [7, 11) is 0. The van der Waals surface area contributed by atoms with Gasteiger partial charge in [-0.3, -0.25) is 0 Å². The van der Waals surface area contributed by atoms with Crippen molar-refractivity contribution in [3.05, 3.63) is 11.6 Å². The van der Waals surface area contributed by atoms with Gasteiger partial charge in [-0.1, -0.05) is 26.8 Å². The predicted octanol–water partition coefficient (Wildman–Crippen LogP) is 2.45. The maximum Gasteiger partial charge on any atom is 0.330 e. The van der Waals surface area contributed by atoms with Crippen molar-refractivity contribution in [2.24, 2.45) is 17.3 Å². The molecule has 0 spiro atoms. The molecule has 0 aromatic heterocycles. The Morgan fingerprint density at radius 1 is 1.31 bits per heavy atom. The van der Waals surface area contributed by atoms with E-state index in [4.69, 9.17) is 5.11 Å². The average molecular weight is 226 g/mol. The van der Waals surface area contributed by atoms with Crippen LogP contribution in [0.3, 0.4) is 0 Å². The maximum absolute atomic E-state index is 10.7. The van der Waals surface area contributed by atoms with Gasteiger partial charge in [0.1, 0.15) is 0 Å². The molecule has 3 nitrogen and oxygen atoms in total. The van der Waals surface area contributed by atoms with Gasteiger partial charge in [-0.15, -0.1) is 0 Å². The van der Waals surface area contributed by atoms with Gasteiger partial charge in [-0.05, 0) is 31.1 Å². The lowest BCUT2D eigenvalue weighted by Crippen LogP contribution is -2.18. The molecule has 0 amide bonds. The van der Waals surface area contributed by atoms with Crippen molar-refractivity contribution in [3.63, 3.8) is 0 Å². The lowest BCUT2D eigenvalue weighted by molar-refractivity contribution is -0.132. The van der Waals surface area contributed by atoms with Crippen molar-refractivity contribution in [2.75, 3.05) is 0 Å². The molecule has 3 atom stereocenters. The summed E-state index contributed by atoms with van der Waals surface area (Å²) in [6.45, 7) is 8.08. The largest absolute Gasteiger partial charge is 0.478 e. The number of carbonyl (C=O) groups is 1. The van der Waals surface area contributed by atoms with Crippen LogP contribution >= 0.6 is 0 Å². The summed E-state index contributed by atoms with van der Waals surface area (Å²) in [6.07, 6.45) is 2.98. The van der Waals surface area contributed by atoms with Crippen molar-refractivity contribution in [1.29, 1.82) is 0 Å². The Morgan fingerprint density at radius 2 is 1.88 bits per heavy atom. The van der Waals surface area contributed by atoms with Crippen molar-refractivity contribution in [2.45, 2.75) is 46.6 Å². The number of aliphatic carboxylic acids is 1. The minimum absolute atomic E-state index is 0.000301. The summed E-state index contributed by atoms with van der Waals surface area (Å²) < 4.78 is 0. The molecule has 0 heterocycles. The zero-order valence-corrected chi connectivity index (χ0v) is 10.5. The van der Waals surface area contributed by atoms with Crippen LogP contribution < -0.4 is 0 Å². The molecule has 0 radical (unpaired) electrons. The highest BCUT2D eigenvalue weighted by atomic mass is 16.4. The summed E-state index contributed by atoms with van der Waals surface area (Å²) in [5.74, 6) is -0.433. The minimum Gasteiger partial charge on any atom is -0.478 e. The molecule has 0 aromatic rings. The molecule has 1 rings (SSSR count). The number of aliphatic hydroxyl groups is 1. The Labute approximate surface area is 97.2 Å². The van der Waals surface area contributed by atoms with Gasteiger partial charge in [0.15, 0.2) is 0 Å². The lowest BCUT2D eigenvalue weighted by Gasteiger charge is -2.26. The third kappa shape index (κ3) is 3.08. The Bertz CT molecular complexity index is 299. The first-order chi connectivity index (χ1) is 7.21. The molecule has 0 aromatic carbocycles.